The zero-order valence-corrected chi connectivity index (χ0v) is 12.7. The van der Waals surface area contributed by atoms with Crippen molar-refractivity contribution in [2.45, 2.75) is 20.5 Å². The van der Waals surface area contributed by atoms with Gasteiger partial charge in [0.05, 0.1) is 11.4 Å². The van der Waals surface area contributed by atoms with E-state index in [-0.39, 0.29) is 0 Å². The molecule has 4 heteroatoms. The maximum Gasteiger partial charge on any atom is 0.233 e. The molecule has 0 saturated carbocycles. The van der Waals surface area contributed by atoms with Crippen LogP contribution >= 0.6 is 0 Å². The van der Waals surface area contributed by atoms with E-state index in [0.29, 0.717) is 12.5 Å². The van der Waals surface area contributed by atoms with Crippen LogP contribution in [-0.4, -0.2) is 15.2 Å². The molecule has 0 radical (unpaired) electrons. The molecule has 0 amide bonds. The third-order valence-corrected chi connectivity index (χ3v) is 3.39. The van der Waals surface area contributed by atoms with Gasteiger partial charge in [-0.05, 0) is 37.6 Å². The largest absolute Gasteiger partial charge is 0.470 e. The van der Waals surface area contributed by atoms with Crippen molar-refractivity contribution in [3.8, 4) is 17.1 Å². The van der Waals surface area contributed by atoms with Gasteiger partial charge in [-0.2, -0.15) is 0 Å². The van der Waals surface area contributed by atoms with E-state index < -0.39 is 0 Å². The molecule has 1 aromatic carbocycles. The summed E-state index contributed by atoms with van der Waals surface area (Å²) in [5.74, 6) is 0.499. The Hall–Kier alpha value is -2.75. The Bertz CT molecular complexity index is 755. The second kappa shape index (κ2) is 6.35. The van der Waals surface area contributed by atoms with Gasteiger partial charge in [-0.1, -0.05) is 29.8 Å². The summed E-state index contributed by atoms with van der Waals surface area (Å²) in [6.45, 7) is 4.55. The lowest BCUT2D eigenvalue weighted by atomic mass is 10.0. The number of hydrogen-bond acceptors (Lipinski definition) is 4. The molecule has 0 atom stereocenters. The summed E-state index contributed by atoms with van der Waals surface area (Å²) in [5.41, 5.74) is 5.24. The summed E-state index contributed by atoms with van der Waals surface area (Å²) >= 11 is 0. The van der Waals surface area contributed by atoms with Crippen molar-refractivity contribution >= 4 is 0 Å². The number of ether oxygens (including phenoxy) is 1. The van der Waals surface area contributed by atoms with Crippen LogP contribution in [0, 0.1) is 13.8 Å². The summed E-state index contributed by atoms with van der Waals surface area (Å²) in [7, 11) is 0. The normalized spacial score (nSPS) is 10.5. The lowest BCUT2D eigenvalue weighted by molar-refractivity contribution is 0.286. The van der Waals surface area contributed by atoms with Gasteiger partial charge in [0.1, 0.15) is 6.61 Å². The number of nitrogens with zero attached hydrogens (tertiary/aromatic N) is 3. The van der Waals surface area contributed by atoms with E-state index in [0.717, 1.165) is 17.0 Å². The van der Waals surface area contributed by atoms with Gasteiger partial charge in [0, 0.05) is 17.8 Å². The molecule has 0 aliphatic carbocycles. The fourth-order valence-electron chi connectivity index (χ4n) is 2.27. The van der Waals surface area contributed by atoms with Crippen LogP contribution in [0.3, 0.4) is 0 Å². The summed E-state index contributed by atoms with van der Waals surface area (Å²) in [6, 6.07) is 15.8. The minimum Gasteiger partial charge on any atom is -0.470 e. The molecule has 0 N–H and O–H groups in total. The fourth-order valence-corrected chi connectivity index (χ4v) is 2.27. The molecular weight excluding hydrogens is 274 g/mol. The molecule has 0 aliphatic rings. The van der Waals surface area contributed by atoms with Crippen LogP contribution in [0.5, 0.6) is 5.88 Å². The monoisotopic (exact) mass is 291 g/mol. The lowest BCUT2D eigenvalue weighted by Crippen LogP contribution is -2.00. The molecule has 22 heavy (non-hydrogen) atoms. The summed E-state index contributed by atoms with van der Waals surface area (Å²) < 4.78 is 5.60. The molecule has 110 valence electrons. The molecule has 0 spiro atoms. The van der Waals surface area contributed by atoms with Gasteiger partial charge in [-0.15, -0.1) is 10.2 Å². The third kappa shape index (κ3) is 3.28. The predicted octanol–water partition coefficient (Wildman–Crippen LogP) is 3.73. The van der Waals surface area contributed by atoms with Crippen LogP contribution in [0.25, 0.3) is 11.3 Å². The van der Waals surface area contributed by atoms with Gasteiger partial charge in [-0.3, -0.25) is 4.98 Å². The molecule has 0 unspecified atom stereocenters. The van der Waals surface area contributed by atoms with Crippen molar-refractivity contribution in [1.29, 1.82) is 0 Å². The minimum absolute atomic E-state index is 0.387. The van der Waals surface area contributed by atoms with Crippen molar-refractivity contribution in [1.82, 2.24) is 15.2 Å². The SMILES string of the molecule is Cc1ccc(-c2ccc(OCc3ccccn3)nn2)c(C)c1. The molecule has 0 fully saturated rings. The standard InChI is InChI=1S/C18H17N3O/c1-13-6-7-16(14(2)11-13)17-8-9-18(21-20-17)22-12-15-5-3-4-10-19-15/h3-11H,12H2,1-2H3. The first kappa shape index (κ1) is 14.2. The van der Waals surface area contributed by atoms with E-state index in [1.54, 1.807) is 6.20 Å². The fraction of sp³-hybridized carbons (Fsp3) is 0.167. The Kier molecular flexibility index (Phi) is 4.10. The molecule has 3 rings (SSSR count). The molecule has 0 aliphatic heterocycles. The van der Waals surface area contributed by atoms with Gasteiger partial charge < -0.3 is 4.74 Å². The van der Waals surface area contributed by atoms with E-state index in [2.05, 4.69) is 47.2 Å². The zero-order chi connectivity index (χ0) is 15.4. The number of hydrogen-bond donors (Lipinski definition) is 0. The highest BCUT2D eigenvalue weighted by molar-refractivity contribution is 5.63. The van der Waals surface area contributed by atoms with Gasteiger partial charge in [0.15, 0.2) is 0 Å². The molecule has 3 aromatic rings. The van der Waals surface area contributed by atoms with Crippen molar-refractivity contribution in [3.63, 3.8) is 0 Å². The number of benzene rings is 1. The van der Waals surface area contributed by atoms with Gasteiger partial charge in [-0.25, -0.2) is 0 Å². The van der Waals surface area contributed by atoms with Crippen molar-refractivity contribution in [3.05, 3.63) is 71.5 Å². The predicted molar refractivity (Wildman–Crippen MR) is 85.5 cm³/mol. The topological polar surface area (TPSA) is 47.9 Å². The Morgan fingerprint density at radius 3 is 2.55 bits per heavy atom. The molecule has 0 saturated heterocycles. The Labute approximate surface area is 129 Å². The number of aromatic nitrogens is 3. The van der Waals surface area contributed by atoms with E-state index >= 15 is 0 Å². The van der Waals surface area contributed by atoms with Crippen molar-refractivity contribution in [2.75, 3.05) is 0 Å². The molecule has 2 heterocycles. The first-order chi connectivity index (χ1) is 10.7. The summed E-state index contributed by atoms with van der Waals surface area (Å²) in [6.07, 6.45) is 1.74. The summed E-state index contributed by atoms with van der Waals surface area (Å²) in [4.78, 5) is 4.21. The highest BCUT2D eigenvalue weighted by Gasteiger charge is 2.05. The highest BCUT2D eigenvalue weighted by atomic mass is 16.5. The Morgan fingerprint density at radius 1 is 0.955 bits per heavy atom. The van der Waals surface area contributed by atoms with Crippen LogP contribution in [-0.2, 0) is 6.61 Å². The average Bonchev–Trinajstić information content (AvgIpc) is 2.55. The molecule has 4 nitrogen and oxygen atoms in total. The van der Waals surface area contributed by atoms with E-state index in [1.807, 2.05) is 30.3 Å². The molecule has 2 aromatic heterocycles. The molecule has 0 bridgehead atoms. The lowest BCUT2D eigenvalue weighted by Gasteiger charge is -2.07. The van der Waals surface area contributed by atoms with E-state index in [1.165, 1.54) is 11.1 Å². The second-order valence-corrected chi connectivity index (χ2v) is 5.18. The average molecular weight is 291 g/mol. The van der Waals surface area contributed by atoms with Crippen molar-refractivity contribution < 1.29 is 4.74 Å². The quantitative estimate of drug-likeness (QED) is 0.734. The number of rotatable bonds is 4. The van der Waals surface area contributed by atoms with E-state index in [9.17, 15) is 0 Å². The van der Waals surface area contributed by atoms with E-state index in [4.69, 9.17) is 4.74 Å². The third-order valence-electron chi connectivity index (χ3n) is 3.39. The number of pyridine rings is 1. The minimum atomic E-state index is 0.387. The highest BCUT2D eigenvalue weighted by Crippen LogP contribution is 2.22. The van der Waals surface area contributed by atoms with Crippen LogP contribution < -0.4 is 4.74 Å². The van der Waals surface area contributed by atoms with Crippen LogP contribution in [0.4, 0.5) is 0 Å². The maximum atomic E-state index is 5.60. The first-order valence-corrected chi connectivity index (χ1v) is 7.16. The van der Waals surface area contributed by atoms with Crippen LogP contribution in [0.1, 0.15) is 16.8 Å². The summed E-state index contributed by atoms with van der Waals surface area (Å²) in [5, 5.41) is 8.39. The van der Waals surface area contributed by atoms with Gasteiger partial charge in [0.2, 0.25) is 5.88 Å². The second-order valence-electron chi connectivity index (χ2n) is 5.18. The smallest absolute Gasteiger partial charge is 0.233 e. The Morgan fingerprint density at radius 2 is 1.86 bits per heavy atom. The van der Waals surface area contributed by atoms with Crippen molar-refractivity contribution in [2.24, 2.45) is 0 Å². The van der Waals surface area contributed by atoms with Crippen LogP contribution in [0.2, 0.25) is 0 Å². The van der Waals surface area contributed by atoms with Gasteiger partial charge in [0.25, 0.3) is 0 Å². The zero-order valence-electron chi connectivity index (χ0n) is 12.7. The van der Waals surface area contributed by atoms with Crippen LogP contribution in [0.15, 0.2) is 54.7 Å². The maximum absolute atomic E-state index is 5.60. The van der Waals surface area contributed by atoms with Gasteiger partial charge >= 0.3 is 0 Å². The first-order valence-electron chi connectivity index (χ1n) is 7.16. The number of aryl methyl sites for hydroxylation is 2. The Balaban J connectivity index is 1.72. The molecular formula is C18H17N3O.